The van der Waals surface area contributed by atoms with Gasteiger partial charge in [0.25, 0.3) is 0 Å². The third-order valence-corrected chi connectivity index (χ3v) is 3.04. The van der Waals surface area contributed by atoms with Crippen LogP contribution in [0, 0.1) is 11.8 Å². The van der Waals surface area contributed by atoms with E-state index in [0.717, 1.165) is 25.9 Å². The van der Waals surface area contributed by atoms with Gasteiger partial charge in [-0.2, -0.15) is 0 Å². The Morgan fingerprint density at radius 3 is 1.78 bits per heavy atom. The summed E-state index contributed by atoms with van der Waals surface area (Å²) in [5.41, 5.74) is -1.66. The van der Waals surface area contributed by atoms with Crippen molar-refractivity contribution in [3.63, 3.8) is 0 Å². The molecule has 0 aromatic heterocycles. The van der Waals surface area contributed by atoms with E-state index < -0.39 is 11.6 Å². The third-order valence-electron chi connectivity index (χ3n) is 3.04. The number of carboxylic acids is 1. The maximum Gasteiger partial charge on any atom is 0.336 e. The first-order valence-corrected chi connectivity index (χ1v) is 6.83. The molecule has 0 heterocycles. The van der Waals surface area contributed by atoms with E-state index >= 15 is 0 Å². The second-order valence-electron chi connectivity index (χ2n) is 6.22. The number of carboxylic acid groups (broad SMARTS) is 1. The van der Waals surface area contributed by atoms with Crippen LogP contribution in [0.4, 0.5) is 0 Å². The average Bonchev–Trinajstić information content (AvgIpc) is 2.21. The van der Waals surface area contributed by atoms with Crippen LogP contribution in [0.2, 0.25) is 0 Å². The number of nitrogens with zero attached hydrogens (tertiary/aromatic N) is 1. The normalized spacial score (nSPS) is 15.4. The minimum atomic E-state index is -1.66. The minimum absolute atomic E-state index is 0.196. The third kappa shape index (κ3) is 7.67. The summed E-state index contributed by atoms with van der Waals surface area (Å²) in [5, 5.41) is 18.8. The molecule has 0 aliphatic carbocycles. The maximum atomic E-state index is 11.0. The quantitative estimate of drug-likeness (QED) is 0.666. The molecular formula is C14H29NO3. The molecule has 108 valence electrons. The molecule has 0 saturated carbocycles. The monoisotopic (exact) mass is 259 g/mol. The molecule has 1 atom stereocenters. The molecule has 0 aliphatic rings. The van der Waals surface area contributed by atoms with Crippen molar-refractivity contribution >= 4 is 5.97 Å². The highest BCUT2D eigenvalue weighted by molar-refractivity contribution is 5.76. The van der Waals surface area contributed by atoms with Gasteiger partial charge in [0.15, 0.2) is 5.60 Å². The van der Waals surface area contributed by atoms with E-state index in [9.17, 15) is 9.90 Å². The molecule has 0 aromatic rings. The van der Waals surface area contributed by atoms with Crippen molar-refractivity contribution in [1.29, 1.82) is 0 Å². The summed E-state index contributed by atoms with van der Waals surface area (Å²) in [6.45, 7) is 11.8. The zero-order chi connectivity index (χ0) is 14.3. The Balaban J connectivity index is 4.40. The van der Waals surface area contributed by atoms with Crippen molar-refractivity contribution in [2.24, 2.45) is 11.8 Å². The van der Waals surface area contributed by atoms with Gasteiger partial charge in [-0.25, -0.2) is 4.79 Å². The lowest BCUT2D eigenvalue weighted by Gasteiger charge is -2.29. The number of rotatable bonds is 9. The van der Waals surface area contributed by atoms with Crippen molar-refractivity contribution in [2.75, 3.05) is 19.6 Å². The van der Waals surface area contributed by atoms with Crippen molar-refractivity contribution in [1.82, 2.24) is 4.90 Å². The van der Waals surface area contributed by atoms with Gasteiger partial charge >= 0.3 is 5.97 Å². The van der Waals surface area contributed by atoms with E-state index in [0.29, 0.717) is 11.8 Å². The van der Waals surface area contributed by atoms with Crippen LogP contribution >= 0.6 is 0 Å². The summed E-state index contributed by atoms with van der Waals surface area (Å²) in [6, 6.07) is 0. The van der Waals surface area contributed by atoms with Crippen LogP contribution in [0.3, 0.4) is 0 Å². The summed E-state index contributed by atoms with van der Waals surface area (Å²) in [4.78, 5) is 13.0. The van der Waals surface area contributed by atoms with Crippen molar-refractivity contribution in [2.45, 2.75) is 53.1 Å². The number of aliphatic carboxylic acids is 1. The second kappa shape index (κ2) is 7.74. The topological polar surface area (TPSA) is 60.8 Å². The minimum Gasteiger partial charge on any atom is -0.479 e. The zero-order valence-corrected chi connectivity index (χ0v) is 12.4. The Morgan fingerprint density at radius 2 is 1.50 bits per heavy atom. The summed E-state index contributed by atoms with van der Waals surface area (Å²) in [5.74, 6) is 0.0178. The van der Waals surface area contributed by atoms with Gasteiger partial charge in [-0.05, 0) is 44.7 Å². The number of aliphatic hydroxyl groups is 1. The summed E-state index contributed by atoms with van der Waals surface area (Å²) >= 11 is 0. The van der Waals surface area contributed by atoms with Crippen LogP contribution in [-0.2, 0) is 4.79 Å². The number of carbonyl (C=O) groups is 1. The summed E-state index contributed by atoms with van der Waals surface area (Å²) < 4.78 is 0. The van der Waals surface area contributed by atoms with Crippen LogP contribution in [-0.4, -0.2) is 46.3 Å². The molecule has 4 nitrogen and oxygen atoms in total. The van der Waals surface area contributed by atoms with E-state index in [1.807, 2.05) is 0 Å². The Bertz CT molecular complexity index is 237. The van der Waals surface area contributed by atoms with Crippen LogP contribution in [0.15, 0.2) is 0 Å². The SMILES string of the molecule is CC(C)CCN(CCC(C)C)CC(C)(O)C(=O)O. The highest BCUT2D eigenvalue weighted by Crippen LogP contribution is 2.12. The molecule has 4 heteroatoms. The van der Waals surface area contributed by atoms with Gasteiger partial charge in [-0.1, -0.05) is 27.7 Å². The Morgan fingerprint density at radius 1 is 1.11 bits per heavy atom. The fourth-order valence-electron chi connectivity index (χ4n) is 1.65. The van der Waals surface area contributed by atoms with Gasteiger partial charge in [0.1, 0.15) is 0 Å². The molecule has 2 N–H and O–H groups in total. The van der Waals surface area contributed by atoms with Crippen molar-refractivity contribution in [3.8, 4) is 0 Å². The summed E-state index contributed by atoms with van der Waals surface area (Å²) in [7, 11) is 0. The zero-order valence-electron chi connectivity index (χ0n) is 12.4. The van der Waals surface area contributed by atoms with Gasteiger partial charge in [0.05, 0.1) is 0 Å². The van der Waals surface area contributed by atoms with E-state index in [4.69, 9.17) is 5.11 Å². The largest absolute Gasteiger partial charge is 0.479 e. The van der Waals surface area contributed by atoms with Crippen LogP contribution < -0.4 is 0 Å². The first-order valence-electron chi connectivity index (χ1n) is 6.83. The Labute approximate surface area is 111 Å². The first-order chi connectivity index (χ1) is 8.15. The fraction of sp³-hybridized carbons (Fsp3) is 0.929. The highest BCUT2D eigenvalue weighted by atomic mass is 16.4. The molecule has 0 amide bonds. The molecule has 0 aromatic carbocycles. The standard InChI is InChI=1S/C14H29NO3/c1-11(2)6-8-15(9-7-12(3)4)10-14(5,18)13(16)17/h11-12,18H,6-10H2,1-5H3,(H,16,17). The van der Waals surface area contributed by atoms with E-state index in [2.05, 4.69) is 32.6 Å². The van der Waals surface area contributed by atoms with Gasteiger partial charge in [-0.3, -0.25) is 4.90 Å². The molecule has 1 unspecified atom stereocenters. The molecule has 0 bridgehead atoms. The van der Waals surface area contributed by atoms with Crippen molar-refractivity contribution in [3.05, 3.63) is 0 Å². The smallest absolute Gasteiger partial charge is 0.336 e. The van der Waals surface area contributed by atoms with Crippen LogP contribution in [0.1, 0.15) is 47.5 Å². The average molecular weight is 259 g/mol. The number of hydrogen-bond donors (Lipinski definition) is 2. The molecule has 18 heavy (non-hydrogen) atoms. The van der Waals surface area contributed by atoms with E-state index in [1.165, 1.54) is 6.92 Å². The molecule has 0 fully saturated rings. The molecular weight excluding hydrogens is 230 g/mol. The molecule has 0 radical (unpaired) electrons. The predicted octanol–water partition coefficient (Wildman–Crippen LogP) is 2.22. The lowest BCUT2D eigenvalue weighted by molar-refractivity contribution is -0.158. The lowest BCUT2D eigenvalue weighted by atomic mass is 10.0. The Hall–Kier alpha value is -0.610. The predicted molar refractivity (Wildman–Crippen MR) is 73.6 cm³/mol. The fourth-order valence-corrected chi connectivity index (χ4v) is 1.65. The van der Waals surface area contributed by atoms with Gasteiger partial charge < -0.3 is 10.2 Å². The van der Waals surface area contributed by atoms with Crippen LogP contribution in [0.25, 0.3) is 0 Å². The maximum absolute atomic E-state index is 11.0. The highest BCUT2D eigenvalue weighted by Gasteiger charge is 2.32. The van der Waals surface area contributed by atoms with Gasteiger partial charge in [0, 0.05) is 6.54 Å². The Kier molecular flexibility index (Phi) is 7.48. The van der Waals surface area contributed by atoms with Gasteiger partial charge in [-0.15, -0.1) is 0 Å². The van der Waals surface area contributed by atoms with E-state index in [-0.39, 0.29) is 6.54 Å². The molecule has 0 saturated heterocycles. The molecule has 0 rings (SSSR count). The first kappa shape index (κ1) is 17.4. The van der Waals surface area contributed by atoms with Gasteiger partial charge in [0.2, 0.25) is 0 Å². The molecule has 0 aliphatic heterocycles. The summed E-state index contributed by atoms with van der Waals surface area (Å²) in [6.07, 6.45) is 2.04. The molecule has 0 spiro atoms. The van der Waals surface area contributed by atoms with Crippen LogP contribution in [0.5, 0.6) is 0 Å². The lowest BCUT2D eigenvalue weighted by Crippen LogP contribution is -2.47. The second-order valence-corrected chi connectivity index (χ2v) is 6.22. The number of hydrogen-bond acceptors (Lipinski definition) is 3. The van der Waals surface area contributed by atoms with E-state index in [1.54, 1.807) is 0 Å². The van der Waals surface area contributed by atoms with Crippen molar-refractivity contribution < 1.29 is 15.0 Å².